The molecule has 0 N–H and O–H groups in total. The zero-order valence-corrected chi connectivity index (χ0v) is 38.5. The van der Waals surface area contributed by atoms with Crippen molar-refractivity contribution in [3.8, 4) is 0 Å². The monoisotopic (exact) mass is 823 g/mol. The van der Waals surface area contributed by atoms with Crippen molar-refractivity contribution in [3.05, 3.63) is 72.9 Å². The fraction of sp³-hybridized carbons (Fsp3) is 0.717. The Morgan fingerprint density at radius 2 is 0.695 bits per heavy atom. The van der Waals surface area contributed by atoms with E-state index >= 15 is 0 Å². The molecule has 0 saturated heterocycles. The van der Waals surface area contributed by atoms with Crippen LogP contribution in [0.3, 0.4) is 0 Å². The van der Waals surface area contributed by atoms with Gasteiger partial charge in [0, 0.05) is 19.3 Å². The maximum atomic E-state index is 12.8. The molecule has 0 aromatic heterocycles. The van der Waals surface area contributed by atoms with Crippen LogP contribution in [-0.2, 0) is 28.6 Å². The highest BCUT2D eigenvalue weighted by Gasteiger charge is 2.19. The van der Waals surface area contributed by atoms with Gasteiger partial charge in [-0.15, -0.1) is 0 Å². The second-order valence-electron chi connectivity index (χ2n) is 16.1. The summed E-state index contributed by atoms with van der Waals surface area (Å²) in [6.45, 7) is 6.41. The summed E-state index contributed by atoms with van der Waals surface area (Å²) in [5.41, 5.74) is 0. The zero-order chi connectivity index (χ0) is 43.0. The molecule has 6 nitrogen and oxygen atoms in total. The van der Waals surface area contributed by atoms with Crippen LogP contribution in [0.15, 0.2) is 72.9 Å². The van der Waals surface area contributed by atoms with Gasteiger partial charge in [-0.2, -0.15) is 0 Å². The SMILES string of the molecule is CC\C=C/C=C\C=C/C=C\C=C/CCCC(=O)OCC(COC(=O)CCCCC/C=C\CCCCCCCCC)OC(=O)CCCCCCCCCCCCCCCC. The van der Waals surface area contributed by atoms with E-state index in [1.807, 2.05) is 54.7 Å². The molecule has 1 atom stereocenters. The van der Waals surface area contributed by atoms with Gasteiger partial charge in [-0.3, -0.25) is 14.4 Å². The minimum Gasteiger partial charge on any atom is -0.462 e. The largest absolute Gasteiger partial charge is 0.462 e. The maximum absolute atomic E-state index is 12.8. The highest BCUT2D eigenvalue weighted by Crippen LogP contribution is 2.15. The molecule has 0 saturated carbocycles. The van der Waals surface area contributed by atoms with E-state index in [4.69, 9.17) is 14.2 Å². The minimum atomic E-state index is -0.806. The maximum Gasteiger partial charge on any atom is 0.306 e. The first-order chi connectivity index (χ1) is 29.0. The van der Waals surface area contributed by atoms with Crippen LogP contribution in [0.4, 0.5) is 0 Å². The average Bonchev–Trinajstić information content (AvgIpc) is 3.23. The van der Waals surface area contributed by atoms with Gasteiger partial charge in [-0.1, -0.05) is 222 Å². The Kier molecular flexibility index (Phi) is 45.0. The topological polar surface area (TPSA) is 78.9 Å². The minimum absolute atomic E-state index is 0.104. The van der Waals surface area contributed by atoms with E-state index in [2.05, 4.69) is 39.0 Å². The highest BCUT2D eigenvalue weighted by molar-refractivity contribution is 5.71. The summed E-state index contributed by atoms with van der Waals surface area (Å²) in [7, 11) is 0. The number of hydrogen-bond acceptors (Lipinski definition) is 6. The van der Waals surface area contributed by atoms with E-state index < -0.39 is 6.10 Å². The van der Waals surface area contributed by atoms with Gasteiger partial charge in [0.05, 0.1) is 0 Å². The van der Waals surface area contributed by atoms with E-state index in [1.165, 1.54) is 116 Å². The third-order valence-electron chi connectivity index (χ3n) is 10.3. The van der Waals surface area contributed by atoms with Gasteiger partial charge in [-0.05, 0) is 57.8 Å². The predicted molar refractivity (Wildman–Crippen MR) is 251 cm³/mol. The summed E-state index contributed by atoms with van der Waals surface area (Å²) in [6.07, 6.45) is 58.9. The van der Waals surface area contributed by atoms with E-state index in [1.54, 1.807) is 0 Å². The molecule has 0 rings (SSSR count). The zero-order valence-electron chi connectivity index (χ0n) is 38.5. The lowest BCUT2D eigenvalue weighted by atomic mass is 10.0. The molecule has 59 heavy (non-hydrogen) atoms. The van der Waals surface area contributed by atoms with Crippen LogP contribution in [0.2, 0.25) is 0 Å². The summed E-state index contributed by atoms with van der Waals surface area (Å²) < 4.78 is 16.7. The van der Waals surface area contributed by atoms with E-state index in [-0.39, 0.29) is 37.5 Å². The Labute approximate surface area is 363 Å². The van der Waals surface area contributed by atoms with Crippen molar-refractivity contribution in [1.82, 2.24) is 0 Å². The Bertz CT molecular complexity index is 1130. The molecule has 0 spiro atoms. The average molecular weight is 823 g/mol. The lowest BCUT2D eigenvalue weighted by Gasteiger charge is -2.18. The fourth-order valence-corrected chi connectivity index (χ4v) is 6.64. The first-order valence-corrected chi connectivity index (χ1v) is 24.5. The molecule has 0 fully saturated rings. The van der Waals surface area contributed by atoms with Crippen molar-refractivity contribution in [1.29, 1.82) is 0 Å². The van der Waals surface area contributed by atoms with Gasteiger partial charge in [-0.25, -0.2) is 0 Å². The van der Waals surface area contributed by atoms with Crippen LogP contribution in [0.1, 0.15) is 226 Å². The lowest BCUT2D eigenvalue weighted by molar-refractivity contribution is -0.167. The van der Waals surface area contributed by atoms with Gasteiger partial charge in [0.25, 0.3) is 0 Å². The standard InChI is InChI=1S/C53H90O6/c1-4-7-10-13-16-19-22-25-28-31-34-37-40-43-46-52(55)58-49-50(48-57-51(54)45-42-39-36-33-30-27-24-21-18-15-12-9-6-3)59-53(56)47-44-41-38-35-32-29-26-23-20-17-14-11-8-5-2/h9,12,15,18,21,24,27-28,30-31,33,36,50H,4-8,10-11,13-14,16-17,19-20,22-23,25-26,29,32,34-35,37-49H2,1-3H3/b12-9-,18-15-,24-21-,30-27-,31-28-,36-33-. The van der Waals surface area contributed by atoms with Crippen LogP contribution < -0.4 is 0 Å². The smallest absolute Gasteiger partial charge is 0.306 e. The van der Waals surface area contributed by atoms with Gasteiger partial charge in [0.2, 0.25) is 0 Å². The van der Waals surface area contributed by atoms with Crippen LogP contribution in [-0.4, -0.2) is 37.2 Å². The van der Waals surface area contributed by atoms with Crippen LogP contribution in [0.25, 0.3) is 0 Å². The molecule has 338 valence electrons. The summed E-state index contributed by atoms with van der Waals surface area (Å²) in [6, 6.07) is 0. The number of carbonyl (C=O) groups excluding carboxylic acids is 3. The van der Waals surface area contributed by atoms with Crippen molar-refractivity contribution in [2.45, 2.75) is 232 Å². The molecular weight excluding hydrogens is 733 g/mol. The fourth-order valence-electron chi connectivity index (χ4n) is 6.64. The van der Waals surface area contributed by atoms with Gasteiger partial charge in [0.1, 0.15) is 13.2 Å². The van der Waals surface area contributed by atoms with Crippen LogP contribution in [0, 0.1) is 0 Å². The number of ether oxygens (including phenoxy) is 3. The van der Waals surface area contributed by atoms with E-state index in [9.17, 15) is 14.4 Å². The van der Waals surface area contributed by atoms with Crippen molar-refractivity contribution in [2.75, 3.05) is 13.2 Å². The van der Waals surface area contributed by atoms with E-state index in [0.29, 0.717) is 19.3 Å². The normalized spacial score (nSPS) is 12.7. The summed E-state index contributed by atoms with van der Waals surface area (Å²) in [5, 5.41) is 0. The molecule has 0 aliphatic rings. The van der Waals surface area contributed by atoms with Crippen LogP contribution in [0.5, 0.6) is 0 Å². The predicted octanol–water partition coefficient (Wildman–Crippen LogP) is 15.9. The lowest BCUT2D eigenvalue weighted by Crippen LogP contribution is -2.30. The van der Waals surface area contributed by atoms with Crippen molar-refractivity contribution in [3.63, 3.8) is 0 Å². The molecule has 1 unspecified atom stereocenters. The summed E-state index contributed by atoms with van der Waals surface area (Å²) >= 11 is 0. The number of hydrogen-bond donors (Lipinski definition) is 0. The summed E-state index contributed by atoms with van der Waals surface area (Å²) in [5.74, 6) is -0.995. The van der Waals surface area contributed by atoms with Gasteiger partial charge in [0.15, 0.2) is 6.10 Å². The Morgan fingerprint density at radius 3 is 1.15 bits per heavy atom. The number of allylic oxidation sites excluding steroid dienone is 12. The molecule has 0 amide bonds. The second-order valence-corrected chi connectivity index (χ2v) is 16.1. The Morgan fingerprint density at radius 1 is 0.356 bits per heavy atom. The molecule has 0 radical (unpaired) electrons. The molecule has 0 heterocycles. The van der Waals surface area contributed by atoms with Gasteiger partial charge >= 0.3 is 17.9 Å². The number of rotatable bonds is 43. The molecule has 0 aromatic carbocycles. The number of esters is 3. The molecule has 0 bridgehead atoms. The van der Waals surface area contributed by atoms with Crippen molar-refractivity contribution in [2.24, 2.45) is 0 Å². The Hall–Kier alpha value is -3.15. The van der Waals surface area contributed by atoms with Gasteiger partial charge < -0.3 is 14.2 Å². The quantitative estimate of drug-likeness (QED) is 0.0200. The molecular formula is C53H90O6. The second kappa shape index (κ2) is 47.5. The molecule has 0 aromatic rings. The van der Waals surface area contributed by atoms with Crippen molar-refractivity contribution >= 4 is 17.9 Å². The van der Waals surface area contributed by atoms with E-state index in [0.717, 1.165) is 64.2 Å². The molecule has 6 heteroatoms. The highest BCUT2D eigenvalue weighted by atomic mass is 16.6. The molecule has 0 aliphatic carbocycles. The third-order valence-corrected chi connectivity index (χ3v) is 10.3. The summed E-state index contributed by atoms with van der Waals surface area (Å²) in [4.78, 5) is 37.8. The number of unbranched alkanes of at least 4 members (excludes halogenated alkanes) is 24. The third kappa shape index (κ3) is 45.8. The molecule has 0 aliphatic heterocycles. The van der Waals surface area contributed by atoms with Crippen molar-refractivity contribution < 1.29 is 28.6 Å². The Balaban J connectivity index is 4.49. The first-order valence-electron chi connectivity index (χ1n) is 24.5. The first kappa shape index (κ1) is 55.9. The number of carbonyl (C=O) groups is 3. The van der Waals surface area contributed by atoms with Crippen LogP contribution >= 0.6 is 0 Å².